The summed E-state index contributed by atoms with van der Waals surface area (Å²) in [5, 5.41) is 10.7. The monoisotopic (exact) mass is 878 g/mol. The van der Waals surface area contributed by atoms with Crippen molar-refractivity contribution in [1.82, 2.24) is 0 Å². The van der Waals surface area contributed by atoms with Crippen LogP contribution in [0.25, 0.3) is 0 Å². The molecule has 0 aliphatic carbocycles. The van der Waals surface area contributed by atoms with Crippen LogP contribution in [0.15, 0.2) is 24.3 Å². The van der Waals surface area contributed by atoms with Crippen molar-refractivity contribution in [3.05, 3.63) is 34.4 Å². The van der Waals surface area contributed by atoms with Gasteiger partial charge in [0.15, 0.2) is 0 Å². The van der Waals surface area contributed by atoms with Crippen LogP contribution in [0, 0.1) is 10.1 Å². The van der Waals surface area contributed by atoms with Crippen molar-refractivity contribution in [2.45, 2.75) is 90.4 Å². The molecule has 0 spiro atoms. The molecule has 16 nitrogen and oxygen atoms in total. The third-order valence-corrected chi connectivity index (χ3v) is 9.03. The fourth-order valence-electron chi connectivity index (χ4n) is 5.63. The van der Waals surface area contributed by atoms with Gasteiger partial charge in [-0.05, 0) is 18.6 Å². The third kappa shape index (κ3) is 44.3. The van der Waals surface area contributed by atoms with Gasteiger partial charge in [0.25, 0.3) is 5.69 Å². The Morgan fingerprint density at radius 3 is 0.820 bits per heavy atom. The van der Waals surface area contributed by atoms with Crippen LogP contribution in [0.1, 0.15) is 90.4 Å². The molecule has 0 saturated heterocycles. The lowest BCUT2D eigenvalue weighted by Gasteiger charge is -2.09. The van der Waals surface area contributed by atoms with Gasteiger partial charge in [0.2, 0.25) is 0 Å². The SMILES string of the molecule is CCCCCCCCCCCCCCCOCCOCCOCCOCCOCCOCCOCCOCCOCCOCCOCCOCCOc1ccc([N+](=O)[O-])cc1. The van der Waals surface area contributed by atoms with Gasteiger partial charge in [-0.15, -0.1) is 0 Å². The summed E-state index contributed by atoms with van der Waals surface area (Å²) in [7, 11) is 0. The number of nitro groups is 1. The molecule has 358 valence electrons. The van der Waals surface area contributed by atoms with E-state index in [1.54, 1.807) is 12.1 Å². The van der Waals surface area contributed by atoms with Gasteiger partial charge in [-0.2, -0.15) is 0 Å². The highest BCUT2D eigenvalue weighted by Crippen LogP contribution is 2.17. The highest BCUT2D eigenvalue weighted by molar-refractivity contribution is 5.35. The first-order valence-electron chi connectivity index (χ1n) is 23.0. The summed E-state index contributed by atoms with van der Waals surface area (Å²) in [6.45, 7) is 15.0. The lowest BCUT2D eigenvalue weighted by atomic mass is 10.0. The van der Waals surface area contributed by atoms with Gasteiger partial charge in [-0.1, -0.05) is 84.0 Å². The van der Waals surface area contributed by atoms with Crippen molar-refractivity contribution < 1.29 is 66.5 Å². The maximum Gasteiger partial charge on any atom is 0.269 e. The zero-order valence-electron chi connectivity index (χ0n) is 37.8. The van der Waals surface area contributed by atoms with E-state index < -0.39 is 4.92 Å². The van der Waals surface area contributed by atoms with E-state index in [4.69, 9.17) is 61.6 Å². The smallest absolute Gasteiger partial charge is 0.269 e. The molecule has 0 N–H and O–H groups in total. The van der Waals surface area contributed by atoms with Crippen molar-refractivity contribution in [2.75, 3.05) is 165 Å². The standard InChI is InChI=1S/C45H83NO15/c1-2-3-4-5-6-7-8-9-10-11-12-13-14-19-49-20-21-50-22-23-51-24-25-52-26-27-53-28-29-54-30-31-55-32-33-56-34-35-57-36-37-58-38-39-59-40-41-60-42-43-61-45-17-15-44(16-18-45)46(47)48/h15-18H,2-14,19-43H2,1H3. The van der Waals surface area contributed by atoms with Crippen LogP contribution in [-0.4, -0.2) is 170 Å². The molecule has 1 aromatic carbocycles. The van der Waals surface area contributed by atoms with Gasteiger partial charge in [0, 0.05) is 18.7 Å². The van der Waals surface area contributed by atoms with Crippen LogP contribution in [-0.2, 0) is 56.8 Å². The van der Waals surface area contributed by atoms with Crippen LogP contribution < -0.4 is 4.74 Å². The number of hydrogen-bond acceptors (Lipinski definition) is 15. The van der Waals surface area contributed by atoms with E-state index in [-0.39, 0.29) is 5.69 Å². The second kappa shape index (κ2) is 49.0. The third-order valence-electron chi connectivity index (χ3n) is 9.03. The molecular weight excluding hydrogens is 794 g/mol. The first kappa shape index (κ1) is 57.0. The predicted molar refractivity (Wildman–Crippen MR) is 234 cm³/mol. The maximum atomic E-state index is 10.7. The molecule has 0 fully saturated rings. The largest absolute Gasteiger partial charge is 0.491 e. The Hall–Kier alpha value is -2.06. The minimum atomic E-state index is -0.450. The van der Waals surface area contributed by atoms with E-state index in [0.29, 0.717) is 164 Å². The summed E-state index contributed by atoms with van der Waals surface area (Å²) in [6, 6.07) is 5.92. The predicted octanol–water partition coefficient (Wildman–Crippen LogP) is 7.26. The Morgan fingerprint density at radius 1 is 0.328 bits per heavy atom. The van der Waals surface area contributed by atoms with Gasteiger partial charge < -0.3 is 61.6 Å². The van der Waals surface area contributed by atoms with E-state index in [1.807, 2.05) is 0 Å². The Kier molecular flexibility index (Phi) is 45.7. The Labute approximate surface area is 367 Å². The van der Waals surface area contributed by atoms with Crippen molar-refractivity contribution in [1.29, 1.82) is 0 Å². The number of ether oxygens (including phenoxy) is 13. The number of nitrogens with zero attached hydrogens (tertiary/aromatic N) is 1. The molecule has 0 aliphatic heterocycles. The van der Waals surface area contributed by atoms with Crippen molar-refractivity contribution >= 4 is 5.69 Å². The highest BCUT2D eigenvalue weighted by Gasteiger charge is 2.04. The number of non-ortho nitro benzene ring substituents is 1. The van der Waals surface area contributed by atoms with Crippen molar-refractivity contribution in [3.63, 3.8) is 0 Å². The summed E-state index contributed by atoms with van der Waals surface area (Å²) >= 11 is 0. The fourth-order valence-corrected chi connectivity index (χ4v) is 5.63. The first-order chi connectivity index (χ1) is 30.2. The minimum Gasteiger partial charge on any atom is -0.491 e. The number of unbranched alkanes of at least 4 members (excludes halogenated alkanes) is 12. The summed E-state index contributed by atoms with van der Waals surface area (Å²) in [5.74, 6) is 0.557. The molecule has 0 radical (unpaired) electrons. The summed E-state index contributed by atoms with van der Waals surface area (Å²) in [5.41, 5.74) is 0.0260. The zero-order chi connectivity index (χ0) is 43.6. The Bertz CT molecular complexity index is 1010. The van der Waals surface area contributed by atoms with Crippen molar-refractivity contribution in [3.8, 4) is 5.75 Å². The molecule has 0 heterocycles. The molecule has 0 saturated carbocycles. The average molecular weight is 878 g/mol. The minimum absolute atomic E-state index is 0.0260. The quantitative estimate of drug-likeness (QED) is 0.0365. The molecule has 1 rings (SSSR count). The van der Waals surface area contributed by atoms with Gasteiger partial charge in [0.1, 0.15) is 12.4 Å². The molecular formula is C45H83NO15. The lowest BCUT2D eigenvalue weighted by molar-refractivity contribution is -0.384. The van der Waals surface area contributed by atoms with Crippen LogP contribution in [0.3, 0.4) is 0 Å². The van der Waals surface area contributed by atoms with Gasteiger partial charge in [0.05, 0.1) is 157 Å². The number of hydrogen-bond donors (Lipinski definition) is 0. The van der Waals surface area contributed by atoms with Crippen LogP contribution in [0.2, 0.25) is 0 Å². The van der Waals surface area contributed by atoms with E-state index in [9.17, 15) is 10.1 Å². The molecule has 0 aliphatic rings. The van der Waals surface area contributed by atoms with E-state index in [2.05, 4.69) is 6.92 Å². The van der Waals surface area contributed by atoms with Crippen LogP contribution >= 0.6 is 0 Å². The molecule has 61 heavy (non-hydrogen) atoms. The summed E-state index contributed by atoms with van der Waals surface area (Å²) in [4.78, 5) is 10.2. The molecule has 1 aromatic rings. The lowest BCUT2D eigenvalue weighted by Crippen LogP contribution is -2.15. The van der Waals surface area contributed by atoms with Crippen LogP contribution in [0.4, 0.5) is 5.69 Å². The number of nitro benzene ring substituents is 1. The second-order valence-electron chi connectivity index (χ2n) is 14.2. The molecule has 0 unspecified atom stereocenters. The second-order valence-corrected chi connectivity index (χ2v) is 14.2. The van der Waals surface area contributed by atoms with E-state index in [1.165, 1.54) is 89.2 Å². The highest BCUT2D eigenvalue weighted by atomic mass is 16.6. The maximum absolute atomic E-state index is 10.7. The average Bonchev–Trinajstić information content (AvgIpc) is 3.27. The zero-order valence-corrected chi connectivity index (χ0v) is 37.8. The topological polar surface area (TPSA) is 163 Å². The van der Waals surface area contributed by atoms with Gasteiger partial charge >= 0.3 is 0 Å². The molecule has 0 bridgehead atoms. The number of rotatable bonds is 52. The van der Waals surface area contributed by atoms with E-state index >= 15 is 0 Å². The normalized spacial score (nSPS) is 11.5. The van der Waals surface area contributed by atoms with Gasteiger partial charge in [-0.3, -0.25) is 10.1 Å². The fraction of sp³-hybridized carbons (Fsp3) is 0.867. The first-order valence-corrected chi connectivity index (χ1v) is 23.0. The molecule has 0 aromatic heterocycles. The Balaban J connectivity index is 1.61. The molecule has 0 atom stereocenters. The number of benzene rings is 1. The molecule has 0 amide bonds. The Morgan fingerprint density at radius 2 is 0.557 bits per heavy atom. The summed E-state index contributed by atoms with van der Waals surface area (Å²) < 4.78 is 71.7. The van der Waals surface area contributed by atoms with E-state index in [0.717, 1.165) is 13.0 Å². The molecule has 16 heteroatoms. The summed E-state index contributed by atoms with van der Waals surface area (Å²) in [6.07, 6.45) is 17.7. The van der Waals surface area contributed by atoms with Crippen molar-refractivity contribution in [2.24, 2.45) is 0 Å². The van der Waals surface area contributed by atoms with Crippen LogP contribution in [0.5, 0.6) is 5.75 Å². The van der Waals surface area contributed by atoms with Gasteiger partial charge in [-0.25, -0.2) is 0 Å².